The van der Waals surface area contributed by atoms with Gasteiger partial charge >= 0.3 is 12.4 Å². The van der Waals surface area contributed by atoms with Crippen molar-refractivity contribution in [1.82, 2.24) is 9.80 Å². The summed E-state index contributed by atoms with van der Waals surface area (Å²) < 4.78 is 45.5. The molecule has 7 nitrogen and oxygen atoms in total. The molecule has 1 aromatic carbocycles. The minimum atomic E-state index is -4.76. The van der Waals surface area contributed by atoms with E-state index in [2.05, 4.69) is 10.1 Å². The van der Waals surface area contributed by atoms with E-state index in [1.54, 1.807) is 16.8 Å². The van der Waals surface area contributed by atoms with Gasteiger partial charge in [-0.2, -0.15) is 0 Å². The lowest BCUT2D eigenvalue weighted by molar-refractivity contribution is -0.274. The van der Waals surface area contributed by atoms with E-state index in [0.717, 1.165) is 12.1 Å². The van der Waals surface area contributed by atoms with Gasteiger partial charge in [0.05, 0.1) is 6.04 Å². The summed E-state index contributed by atoms with van der Waals surface area (Å²) in [7, 11) is 3.14. The predicted octanol–water partition coefficient (Wildman–Crippen LogP) is 1.90. The second-order valence-corrected chi connectivity index (χ2v) is 6.24. The number of fused-ring (bicyclic) bond motifs is 1. The maximum atomic E-state index is 12.4. The average Bonchev–Trinajstić information content (AvgIpc) is 3.08. The van der Waals surface area contributed by atoms with Crippen LogP contribution in [-0.4, -0.2) is 67.5 Å². The number of hydrogen-bond donors (Lipinski definition) is 1. The highest BCUT2D eigenvalue weighted by atomic mass is 19.4. The molecule has 1 N–H and O–H groups in total. The Hall–Kier alpha value is -2.49. The standard InChI is InChI=1S/C16H18F3N3O4/c1-21-12-8-22(7-11(12)13(25-2)14(21)23)15(24)20-9-3-5-10(6-4-9)26-16(17,18)19/h3-6,11-13H,7-8H2,1-2H3,(H,20,24)/t11-,12+,13-/m0/s1. The lowest BCUT2D eigenvalue weighted by Gasteiger charge is -2.22. The maximum Gasteiger partial charge on any atom is 0.573 e. The number of amides is 3. The van der Waals surface area contributed by atoms with E-state index >= 15 is 0 Å². The molecule has 3 amide bonds. The number of likely N-dealkylation sites (N-methyl/N-ethyl adjacent to an activating group) is 1. The number of carbonyl (C=O) groups excluding carboxylic acids is 2. The third-order valence-corrected chi connectivity index (χ3v) is 4.69. The van der Waals surface area contributed by atoms with Crippen LogP contribution in [0.4, 0.5) is 23.7 Å². The number of halogens is 3. The van der Waals surface area contributed by atoms with Gasteiger partial charge in [0.1, 0.15) is 11.9 Å². The van der Waals surface area contributed by atoms with Gasteiger partial charge in [-0.3, -0.25) is 4.79 Å². The third kappa shape index (κ3) is 3.55. The zero-order chi connectivity index (χ0) is 19.1. The maximum absolute atomic E-state index is 12.4. The van der Waals surface area contributed by atoms with Gasteiger partial charge in [0.25, 0.3) is 5.91 Å². The SMILES string of the molecule is CO[C@@H]1C(=O)N(C)[C@@H]2CN(C(=O)Nc3ccc(OC(F)(F)F)cc3)C[C@H]12. The minimum absolute atomic E-state index is 0.0946. The van der Waals surface area contributed by atoms with Gasteiger partial charge in [-0.15, -0.1) is 13.2 Å². The van der Waals surface area contributed by atoms with Crippen LogP contribution in [0.1, 0.15) is 0 Å². The van der Waals surface area contributed by atoms with Crippen molar-refractivity contribution in [1.29, 1.82) is 0 Å². The van der Waals surface area contributed by atoms with Crippen LogP contribution in [0.3, 0.4) is 0 Å². The van der Waals surface area contributed by atoms with Crippen molar-refractivity contribution in [2.45, 2.75) is 18.5 Å². The highest BCUT2D eigenvalue weighted by Crippen LogP contribution is 2.33. The summed E-state index contributed by atoms with van der Waals surface area (Å²) in [4.78, 5) is 27.6. The number of rotatable bonds is 3. The number of hydrogen-bond acceptors (Lipinski definition) is 4. The van der Waals surface area contributed by atoms with E-state index < -0.39 is 12.5 Å². The Balaban J connectivity index is 1.60. The summed E-state index contributed by atoms with van der Waals surface area (Å²) in [5.41, 5.74) is 0.342. The van der Waals surface area contributed by atoms with E-state index in [0.29, 0.717) is 18.8 Å². The van der Waals surface area contributed by atoms with Crippen LogP contribution in [0.15, 0.2) is 24.3 Å². The number of ether oxygens (including phenoxy) is 2. The molecule has 0 saturated carbocycles. The smallest absolute Gasteiger partial charge is 0.406 e. The monoisotopic (exact) mass is 373 g/mol. The van der Waals surface area contributed by atoms with E-state index in [1.165, 1.54) is 19.2 Å². The average molecular weight is 373 g/mol. The van der Waals surface area contributed by atoms with Crippen LogP contribution in [-0.2, 0) is 9.53 Å². The molecule has 0 aromatic heterocycles. The highest BCUT2D eigenvalue weighted by Gasteiger charge is 2.52. The molecule has 1 aromatic rings. The number of urea groups is 1. The number of likely N-dealkylation sites (tertiary alicyclic amines) is 2. The number of alkyl halides is 3. The van der Waals surface area contributed by atoms with E-state index in [4.69, 9.17) is 4.74 Å². The van der Waals surface area contributed by atoms with Crippen LogP contribution in [0.5, 0.6) is 5.75 Å². The van der Waals surface area contributed by atoms with Gasteiger partial charge in [0.15, 0.2) is 0 Å². The molecule has 0 unspecified atom stereocenters. The van der Waals surface area contributed by atoms with Crippen LogP contribution < -0.4 is 10.1 Å². The first-order valence-corrected chi connectivity index (χ1v) is 7.91. The van der Waals surface area contributed by atoms with Crippen LogP contribution in [0.2, 0.25) is 0 Å². The summed E-state index contributed by atoms with van der Waals surface area (Å²) in [5.74, 6) is -0.567. The first-order chi connectivity index (χ1) is 12.2. The summed E-state index contributed by atoms with van der Waals surface area (Å²) in [6.45, 7) is 0.730. The summed E-state index contributed by atoms with van der Waals surface area (Å²) in [5, 5.41) is 2.63. The van der Waals surface area contributed by atoms with Crippen molar-refractivity contribution < 1.29 is 32.2 Å². The number of anilines is 1. The zero-order valence-electron chi connectivity index (χ0n) is 14.1. The van der Waals surface area contributed by atoms with Crippen molar-refractivity contribution in [2.24, 2.45) is 5.92 Å². The van der Waals surface area contributed by atoms with Crippen molar-refractivity contribution in [3.8, 4) is 5.75 Å². The van der Waals surface area contributed by atoms with Gasteiger partial charge in [-0.1, -0.05) is 0 Å². The Bertz CT molecular complexity index is 695. The Morgan fingerprint density at radius 2 is 1.88 bits per heavy atom. The molecule has 2 aliphatic rings. The Labute approximate surface area is 147 Å². The number of benzene rings is 1. The van der Waals surface area contributed by atoms with Gasteiger partial charge < -0.3 is 24.6 Å². The second-order valence-electron chi connectivity index (χ2n) is 6.24. The molecule has 0 spiro atoms. The van der Waals surface area contributed by atoms with E-state index in [9.17, 15) is 22.8 Å². The van der Waals surface area contributed by atoms with E-state index in [-0.39, 0.29) is 29.6 Å². The topological polar surface area (TPSA) is 71.1 Å². The number of nitrogens with zero attached hydrogens (tertiary/aromatic N) is 2. The van der Waals surface area contributed by atoms with Gasteiger partial charge in [-0.25, -0.2) is 4.79 Å². The lowest BCUT2D eigenvalue weighted by Crippen LogP contribution is -2.40. The molecule has 26 heavy (non-hydrogen) atoms. The minimum Gasteiger partial charge on any atom is -0.406 e. The molecule has 3 atom stereocenters. The quantitative estimate of drug-likeness (QED) is 0.879. The number of nitrogens with one attached hydrogen (secondary N) is 1. The Kier molecular flexibility index (Phi) is 4.70. The molecular formula is C16H18F3N3O4. The van der Waals surface area contributed by atoms with Gasteiger partial charge in [0.2, 0.25) is 0 Å². The fourth-order valence-electron chi connectivity index (χ4n) is 3.45. The van der Waals surface area contributed by atoms with Crippen molar-refractivity contribution >= 4 is 17.6 Å². The normalized spacial score (nSPS) is 25.4. The van der Waals surface area contributed by atoms with Gasteiger partial charge in [0, 0.05) is 38.9 Å². The predicted molar refractivity (Wildman–Crippen MR) is 84.6 cm³/mol. The number of carbonyl (C=O) groups is 2. The summed E-state index contributed by atoms with van der Waals surface area (Å²) in [6.07, 6.45) is -5.33. The molecule has 2 saturated heterocycles. The largest absolute Gasteiger partial charge is 0.573 e. The van der Waals surface area contributed by atoms with Crippen LogP contribution in [0, 0.1) is 5.92 Å². The molecule has 2 fully saturated rings. The zero-order valence-corrected chi connectivity index (χ0v) is 14.1. The summed E-state index contributed by atoms with van der Waals surface area (Å²) >= 11 is 0. The fraction of sp³-hybridized carbons (Fsp3) is 0.500. The Morgan fingerprint density at radius 3 is 2.46 bits per heavy atom. The first-order valence-electron chi connectivity index (χ1n) is 7.91. The van der Waals surface area contributed by atoms with Crippen molar-refractivity contribution in [2.75, 3.05) is 32.6 Å². The molecule has 3 rings (SSSR count). The molecule has 142 valence electrons. The van der Waals surface area contributed by atoms with Crippen LogP contribution >= 0.6 is 0 Å². The molecule has 0 bridgehead atoms. The first kappa shape index (κ1) is 18.3. The number of methoxy groups -OCH3 is 1. The van der Waals surface area contributed by atoms with E-state index in [1.807, 2.05) is 0 Å². The van der Waals surface area contributed by atoms with Crippen molar-refractivity contribution in [3.63, 3.8) is 0 Å². The molecule has 0 aliphatic carbocycles. The fourth-order valence-corrected chi connectivity index (χ4v) is 3.45. The summed E-state index contributed by atoms with van der Waals surface area (Å²) in [6, 6.07) is 4.39. The second kappa shape index (κ2) is 6.67. The highest BCUT2D eigenvalue weighted by molar-refractivity contribution is 5.90. The van der Waals surface area contributed by atoms with Gasteiger partial charge in [-0.05, 0) is 24.3 Å². The molecule has 10 heteroatoms. The third-order valence-electron chi connectivity index (χ3n) is 4.69. The van der Waals surface area contributed by atoms with Crippen molar-refractivity contribution in [3.05, 3.63) is 24.3 Å². The lowest BCUT2D eigenvalue weighted by atomic mass is 10.0. The molecule has 0 radical (unpaired) electrons. The molecular weight excluding hydrogens is 355 g/mol. The Morgan fingerprint density at radius 1 is 1.23 bits per heavy atom. The van der Waals surface area contributed by atoms with Crippen LogP contribution in [0.25, 0.3) is 0 Å². The molecule has 2 aliphatic heterocycles. The molecule has 2 heterocycles.